The third-order valence-corrected chi connectivity index (χ3v) is 6.16. The first-order chi connectivity index (χ1) is 10.2. The fourth-order valence-electron chi connectivity index (χ4n) is 2.17. The number of halogens is 2. The van der Waals surface area contributed by atoms with Crippen molar-refractivity contribution in [2.45, 2.75) is 31.3 Å². The van der Waals surface area contributed by atoms with Crippen molar-refractivity contribution in [2.24, 2.45) is 7.05 Å². The Kier molecular flexibility index (Phi) is 5.22. The third-order valence-electron chi connectivity index (χ3n) is 3.43. The van der Waals surface area contributed by atoms with E-state index in [1.165, 1.54) is 16.4 Å². The maximum Gasteiger partial charge on any atom is 0.245 e. The first-order valence-electron chi connectivity index (χ1n) is 6.80. The lowest BCUT2D eigenvalue weighted by atomic mass is 10.3. The molecule has 0 fully saturated rings. The summed E-state index contributed by atoms with van der Waals surface area (Å²) in [5.41, 5.74) is 0.899. The molecule has 7 heteroatoms. The zero-order valence-corrected chi connectivity index (χ0v) is 15.0. The van der Waals surface area contributed by atoms with E-state index in [0.717, 1.165) is 5.69 Å². The van der Waals surface area contributed by atoms with Gasteiger partial charge in [-0.05, 0) is 44.2 Å². The molecule has 0 aliphatic carbocycles. The number of benzene rings is 1. The highest BCUT2D eigenvalue weighted by atomic mass is 35.5. The van der Waals surface area contributed by atoms with Gasteiger partial charge in [-0.2, -0.15) is 4.31 Å². The Morgan fingerprint density at radius 3 is 2.45 bits per heavy atom. The molecule has 0 aliphatic heterocycles. The average Bonchev–Trinajstić information content (AvgIpc) is 2.83. The van der Waals surface area contributed by atoms with Crippen molar-refractivity contribution < 1.29 is 8.42 Å². The molecule has 0 aliphatic rings. The van der Waals surface area contributed by atoms with E-state index in [1.54, 1.807) is 6.07 Å². The first-order valence-corrected chi connectivity index (χ1v) is 9.00. The van der Waals surface area contributed by atoms with Crippen molar-refractivity contribution in [3.63, 3.8) is 0 Å². The van der Waals surface area contributed by atoms with Gasteiger partial charge in [-0.25, -0.2) is 8.42 Å². The van der Waals surface area contributed by atoms with Gasteiger partial charge in [0.1, 0.15) is 4.90 Å². The molecule has 0 spiro atoms. The monoisotopic (exact) mass is 360 g/mol. The van der Waals surface area contributed by atoms with Gasteiger partial charge < -0.3 is 4.57 Å². The molecular formula is C15H18Cl2N2O2S. The number of hydrogen-bond acceptors (Lipinski definition) is 2. The van der Waals surface area contributed by atoms with Crippen LogP contribution in [0.3, 0.4) is 0 Å². The summed E-state index contributed by atoms with van der Waals surface area (Å²) < 4.78 is 29.2. The number of hydrogen-bond donors (Lipinski definition) is 0. The Morgan fingerprint density at radius 1 is 1.23 bits per heavy atom. The van der Waals surface area contributed by atoms with E-state index in [1.807, 2.05) is 43.8 Å². The average molecular weight is 361 g/mol. The molecule has 2 rings (SSSR count). The Morgan fingerprint density at radius 2 is 1.91 bits per heavy atom. The predicted molar refractivity (Wildman–Crippen MR) is 89.7 cm³/mol. The van der Waals surface area contributed by atoms with Gasteiger partial charge in [0.2, 0.25) is 10.0 Å². The van der Waals surface area contributed by atoms with Crippen LogP contribution in [0, 0.1) is 0 Å². The lowest BCUT2D eigenvalue weighted by Gasteiger charge is -2.26. The Bertz CT molecular complexity index is 770. The van der Waals surface area contributed by atoms with Crippen LogP contribution < -0.4 is 0 Å². The summed E-state index contributed by atoms with van der Waals surface area (Å²) in [7, 11) is -1.86. The van der Waals surface area contributed by atoms with Crippen molar-refractivity contribution >= 4 is 33.2 Å². The van der Waals surface area contributed by atoms with Crippen molar-refractivity contribution in [3.8, 4) is 0 Å². The largest absolute Gasteiger partial charge is 0.353 e. The van der Waals surface area contributed by atoms with Gasteiger partial charge in [0.25, 0.3) is 0 Å². The Hall–Kier alpha value is -1.01. The molecule has 0 N–H and O–H groups in total. The van der Waals surface area contributed by atoms with Crippen molar-refractivity contribution in [3.05, 3.63) is 52.3 Å². The second-order valence-electron chi connectivity index (χ2n) is 5.33. The van der Waals surface area contributed by atoms with E-state index in [9.17, 15) is 8.42 Å². The maximum absolute atomic E-state index is 13.0. The molecule has 4 nitrogen and oxygen atoms in total. The molecule has 1 aromatic heterocycles. The summed E-state index contributed by atoms with van der Waals surface area (Å²) >= 11 is 12.0. The number of nitrogens with zero attached hydrogens (tertiary/aromatic N) is 2. The van der Waals surface area contributed by atoms with Gasteiger partial charge in [-0.3, -0.25) is 0 Å². The smallest absolute Gasteiger partial charge is 0.245 e. The van der Waals surface area contributed by atoms with Crippen LogP contribution in [0.15, 0.2) is 41.4 Å². The van der Waals surface area contributed by atoms with Crippen LogP contribution in [0.2, 0.25) is 10.0 Å². The van der Waals surface area contributed by atoms with E-state index < -0.39 is 10.0 Å². The molecule has 0 unspecified atom stereocenters. The highest BCUT2D eigenvalue weighted by Gasteiger charge is 2.29. The zero-order chi connectivity index (χ0) is 16.5. The van der Waals surface area contributed by atoms with Crippen molar-refractivity contribution in [1.82, 2.24) is 8.87 Å². The second kappa shape index (κ2) is 6.62. The maximum atomic E-state index is 13.0. The summed E-state index contributed by atoms with van der Waals surface area (Å²) in [6, 6.07) is 8.02. The zero-order valence-electron chi connectivity index (χ0n) is 12.6. The molecule has 0 bridgehead atoms. The predicted octanol–water partition coefficient (Wildman–Crippen LogP) is 3.93. The van der Waals surface area contributed by atoms with Gasteiger partial charge in [0.15, 0.2) is 0 Å². The van der Waals surface area contributed by atoms with Crippen LogP contribution in [0.1, 0.15) is 19.5 Å². The van der Waals surface area contributed by atoms with Crippen LogP contribution in [0.25, 0.3) is 0 Å². The number of aromatic nitrogens is 1. The molecular weight excluding hydrogens is 343 g/mol. The molecule has 0 amide bonds. The van der Waals surface area contributed by atoms with Gasteiger partial charge in [0, 0.05) is 30.0 Å². The minimum Gasteiger partial charge on any atom is -0.353 e. The van der Waals surface area contributed by atoms with Gasteiger partial charge >= 0.3 is 0 Å². The van der Waals surface area contributed by atoms with Crippen molar-refractivity contribution in [2.75, 3.05) is 0 Å². The molecule has 0 saturated heterocycles. The molecule has 1 heterocycles. The van der Waals surface area contributed by atoms with Crippen LogP contribution in [-0.2, 0) is 23.6 Å². The highest BCUT2D eigenvalue weighted by molar-refractivity contribution is 7.89. The van der Waals surface area contributed by atoms with Gasteiger partial charge in [-0.15, -0.1) is 0 Å². The molecule has 22 heavy (non-hydrogen) atoms. The lowest BCUT2D eigenvalue weighted by molar-refractivity contribution is 0.341. The number of aryl methyl sites for hydroxylation is 1. The molecule has 1 aromatic carbocycles. The quantitative estimate of drug-likeness (QED) is 0.810. The molecule has 120 valence electrons. The SMILES string of the molecule is CC(C)N(Cc1cccn1C)S(=O)(=O)c1cc(Cl)ccc1Cl. The second-order valence-corrected chi connectivity index (χ2v) is 8.03. The normalized spacial score (nSPS) is 12.3. The fraction of sp³-hybridized carbons (Fsp3) is 0.333. The van der Waals surface area contributed by atoms with Crippen LogP contribution >= 0.6 is 23.2 Å². The standard InChI is InChI=1S/C15H18Cl2N2O2S/c1-11(2)19(10-13-5-4-8-18(13)3)22(20,21)15-9-12(16)6-7-14(15)17/h4-9,11H,10H2,1-3H3. The highest BCUT2D eigenvalue weighted by Crippen LogP contribution is 2.29. The summed E-state index contributed by atoms with van der Waals surface area (Å²) in [5.74, 6) is 0. The summed E-state index contributed by atoms with van der Waals surface area (Å²) in [6.07, 6.45) is 1.88. The molecule has 0 atom stereocenters. The molecule has 0 saturated carbocycles. The van der Waals surface area contributed by atoms with Crippen LogP contribution in [0.4, 0.5) is 0 Å². The minimum atomic E-state index is -3.74. The fourth-order valence-corrected chi connectivity index (χ4v) is 4.51. The number of rotatable bonds is 5. The third kappa shape index (κ3) is 3.49. The van der Waals surface area contributed by atoms with E-state index in [4.69, 9.17) is 23.2 Å². The van der Waals surface area contributed by atoms with Crippen LogP contribution in [-0.4, -0.2) is 23.3 Å². The Labute approximate surface area is 141 Å². The molecule has 2 aromatic rings. The van der Waals surface area contributed by atoms with E-state index in [-0.39, 0.29) is 22.5 Å². The summed E-state index contributed by atoms with van der Waals surface area (Å²) in [6.45, 7) is 3.93. The van der Waals surface area contributed by atoms with E-state index >= 15 is 0 Å². The van der Waals surface area contributed by atoms with Crippen LogP contribution in [0.5, 0.6) is 0 Å². The summed E-state index contributed by atoms with van der Waals surface area (Å²) in [4.78, 5) is 0.0320. The number of sulfonamides is 1. The lowest BCUT2D eigenvalue weighted by Crippen LogP contribution is -2.37. The summed E-state index contributed by atoms with van der Waals surface area (Å²) in [5, 5.41) is 0.507. The van der Waals surface area contributed by atoms with Gasteiger partial charge in [0.05, 0.1) is 11.6 Å². The van der Waals surface area contributed by atoms with E-state index in [0.29, 0.717) is 5.02 Å². The molecule has 0 radical (unpaired) electrons. The minimum absolute atomic E-state index is 0.0320. The van der Waals surface area contributed by atoms with E-state index in [2.05, 4.69) is 0 Å². The topological polar surface area (TPSA) is 42.3 Å². The first kappa shape index (κ1) is 17.3. The Balaban J connectivity index is 2.47. The van der Waals surface area contributed by atoms with Crippen molar-refractivity contribution in [1.29, 1.82) is 0 Å². The van der Waals surface area contributed by atoms with Gasteiger partial charge in [-0.1, -0.05) is 23.2 Å².